The van der Waals surface area contributed by atoms with Crippen molar-refractivity contribution in [1.29, 1.82) is 0 Å². The van der Waals surface area contributed by atoms with E-state index >= 15 is 0 Å². The fourth-order valence-electron chi connectivity index (χ4n) is 2.00. The zero-order valence-electron chi connectivity index (χ0n) is 13.3. The number of carbonyl (C=O) groups excluding carboxylic acids is 2. The molecule has 0 atom stereocenters. The maximum absolute atomic E-state index is 12.5. The third kappa shape index (κ3) is 6.39. The highest BCUT2D eigenvalue weighted by atomic mass is 32.2. The number of amides is 2. The lowest BCUT2D eigenvalue weighted by atomic mass is 10.2. The Labute approximate surface area is 148 Å². The largest absolute Gasteiger partial charge is 0.326 e. The van der Waals surface area contributed by atoms with Crippen molar-refractivity contribution in [3.05, 3.63) is 60.2 Å². The minimum atomic E-state index is -2.56. The first-order valence-corrected chi connectivity index (χ1v) is 8.22. The minimum Gasteiger partial charge on any atom is -0.326 e. The lowest BCUT2D eigenvalue weighted by Crippen LogP contribution is -2.08. The van der Waals surface area contributed by atoms with Gasteiger partial charge in [-0.1, -0.05) is 36.0 Å². The number of hydrogen-bond donors (Lipinski definition) is 2. The van der Waals surface area contributed by atoms with E-state index in [-0.39, 0.29) is 5.91 Å². The van der Waals surface area contributed by atoms with Crippen LogP contribution in [-0.4, -0.2) is 17.6 Å². The van der Waals surface area contributed by atoms with Crippen LogP contribution in [0.5, 0.6) is 0 Å². The second-order valence-electron chi connectivity index (χ2n) is 5.00. The molecule has 0 aliphatic heterocycles. The summed E-state index contributed by atoms with van der Waals surface area (Å²) < 4.78 is 25.1. The van der Waals surface area contributed by atoms with Crippen LogP contribution in [0, 0.1) is 0 Å². The maximum atomic E-state index is 12.5. The number of para-hydroxylation sites is 1. The van der Waals surface area contributed by atoms with Gasteiger partial charge in [0.15, 0.2) is 0 Å². The summed E-state index contributed by atoms with van der Waals surface area (Å²) >= 11 is 0.381. The molecule has 0 bridgehead atoms. The first kappa shape index (κ1) is 18.7. The number of alkyl halides is 2. The summed E-state index contributed by atoms with van der Waals surface area (Å²) in [6, 6.07) is 13.3. The van der Waals surface area contributed by atoms with Gasteiger partial charge >= 0.3 is 0 Å². The third-order valence-corrected chi connectivity index (χ3v) is 3.81. The molecule has 2 amide bonds. The topological polar surface area (TPSA) is 58.2 Å². The van der Waals surface area contributed by atoms with Crippen molar-refractivity contribution in [2.75, 3.05) is 10.6 Å². The molecule has 0 saturated carbocycles. The van der Waals surface area contributed by atoms with E-state index in [0.717, 1.165) is 5.56 Å². The zero-order valence-corrected chi connectivity index (χ0v) is 14.1. The third-order valence-electron chi connectivity index (χ3n) is 3.02. The van der Waals surface area contributed by atoms with Gasteiger partial charge in [0.1, 0.15) is 0 Å². The second-order valence-corrected chi connectivity index (χ2v) is 6.03. The van der Waals surface area contributed by atoms with Crippen molar-refractivity contribution in [3.8, 4) is 0 Å². The number of nitrogens with one attached hydrogen (secondary N) is 2. The SMILES string of the molecule is CC(=O)Nc1ccc(/C=C/C(=O)Nc2ccccc2SC(F)F)cc1. The fraction of sp³-hybridized carbons (Fsp3) is 0.111. The normalized spacial score (nSPS) is 10.9. The number of rotatable bonds is 6. The summed E-state index contributed by atoms with van der Waals surface area (Å²) in [6.07, 6.45) is 2.91. The van der Waals surface area contributed by atoms with Crippen LogP contribution in [0.25, 0.3) is 6.08 Å². The number of halogens is 2. The molecule has 0 saturated heterocycles. The molecule has 25 heavy (non-hydrogen) atoms. The average molecular weight is 362 g/mol. The van der Waals surface area contributed by atoms with Crippen LogP contribution in [0.15, 0.2) is 59.5 Å². The Balaban J connectivity index is 2.00. The smallest absolute Gasteiger partial charge is 0.288 e. The van der Waals surface area contributed by atoms with Gasteiger partial charge in [0.05, 0.1) is 5.69 Å². The van der Waals surface area contributed by atoms with Crippen molar-refractivity contribution < 1.29 is 18.4 Å². The number of benzene rings is 2. The van der Waals surface area contributed by atoms with Gasteiger partial charge < -0.3 is 10.6 Å². The van der Waals surface area contributed by atoms with Crippen LogP contribution in [0.3, 0.4) is 0 Å². The predicted molar refractivity (Wildman–Crippen MR) is 96.7 cm³/mol. The highest BCUT2D eigenvalue weighted by Gasteiger charge is 2.10. The molecule has 0 aliphatic carbocycles. The van der Waals surface area contributed by atoms with E-state index in [1.54, 1.807) is 48.5 Å². The Hall–Kier alpha value is -2.67. The van der Waals surface area contributed by atoms with Gasteiger partial charge in [0.2, 0.25) is 11.8 Å². The summed E-state index contributed by atoms with van der Waals surface area (Å²) in [6.45, 7) is 1.42. The molecule has 130 valence electrons. The Bertz CT molecular complexity index is 777. The first-order chi connectivity index (χ1) is 11.9. The van der Waals surface area contributed by atoms with Gasteiger partial charge in [-0.3, -0.25) is 9.59 Å². The maximum Gasteiger partial charge on any atom is 0.288 e. The molecular weight excluding hydrogens is 346 g/mol. The lowest BCUT2D eigenvalue weighted by Gasteiger charge is -2.08. The van der Waals surface area contributed by atoms with Crippen molar-refractivity contribution in [1.82, 2.24) is 0 Å². The Kier molecular flexibility index (Phi) is 6.71. The Morgan fingerprint density at radius 2 is 1.72 bits per heavy atom. The molecule has 2 N–H and O–H groups in total. The number of anilines is 2. The number of hydrogen-bond acceptors (Lipinski definition) is 3. The van der Waals surface area contributed by atoms with Crippen molar-refractivity contribution in [2.45, 2.75) is 17.6 Å². The van der Waals surface area contributed by atoms with E-state index in [1.807, 2.05) is 0 Å². The van der Waals surface area contributed by atoms with Crippen LogP contribution in [0.4, 0.5) is 20.2 Å². The quantitative estimate of drug-likeness (QED) is 0.583. The van der Waals surface area contributed by atoms with Crippen molar-refractivity contribution in [2.24, 2.45) is 0 Å². The Morgan fingerprint density at radius 3 is 2.36 bits per heavy atom. The summed E-state index contributed by atoms with van der Waals surface area (Å²) in [5, 5.41) is 5.23. The predicted octanol–water partition coefficient (Wildman–Crippen LogP) is 4.61. The molecule has 0 aromatic heterocycles. The van der Waals surface area contributed by atoms with Gasteiger partial charge in [-0.2, -0.15) is 8.78 Å². The van der Waals surface area contributed by atoms with E-state index < -0.39 is 11.7 Å². The average Bonchev–Trinajstić information content (AvgIpc) is 2.55. The molecular formula is C18H16F2N2O2S. The molecule has 0 aliphatic rings. The van der Waals surface area contributed by atoms with E-state index in [9.17, 15) is 18.4 Å². The summed E-state index contributed by atoms with van der Waals surface area (Å²) in [7, 11) is 0. The van der Waals surface area contributed by atoms with Crippen molar-refractivity contribution in [3.63, 3.8) is 0 Å². The van der Waals surface area contributed by atoms with Gasteiger partial charge in [-0.25, -0.2) is 0 Å². The van der Waals surface area contributed by atoms with E-state index in [0.29, 0.717) is 28.0 Å². The van der Waals surface area contributed by atoms with Gasteiger partial charge in [-0.15, -0.1) is 0 Å². The molecule has 0 heterocycles. The molecule has 7 heteroatoms. The monoisotopic (exact) mass is 362 g/mol. The molecule has 2 rings (SSSR count). The minimum absolute atomic E-state index is 0.164. The second kappa shape index (κ2) is 8.98. The molecule has 0 unspecified atom stereocenters. The molecule has 0 radical (unpaired) electrons. The summed E-state index contributed by atoms with van der Waals surface area (Å²) in [4.78, 5) is 23.2. The van der Waals surface area contributed by atoms with Crippen LogP contribution in [-0.2, 0) is 9.59 Å². The highest BCUT2D eigenvalue weighted by molar-refractivity contribution is 7.99. The van der Waals surface area contributed by atoms with Crippen LogP contribution in [0.2, 0.25) is 0 Å². The van der Waals surface area contributed by atoms with Crippen LogP contribution >= 0.6 is 11.8 Å². The van der Waals surface area contributed by atoms with Gasteiger partial charge in [0, 0.05) is 23.6 Å². The fourth-order valence-corrected chi connectivity index (χ4v) is 2.59. The van der Waals surface area contributed by atoms with Crippen LogP contribution in [0.1, 0.15) is 12.5 Å². The molecule has 4 nitrogen and oxygen atoms in total. The lowest BCUT2D eigenvalue weighted by molar-refractivity contribution is -0.114. The zero-order chi connectivity index (χ0) is 18.2. The van der Waals surface area contributed by atoms with Gasteiger partial charge in [-0.05, 0) is 35.9 Å². The van der Waals surface area contributed by atoms with Crippen molar-refractivity contribution >= 4 is 41.0 Å². The highest BCUT2D eigenvalue weighted by Crippen LogP contribution is 2.31. The number of carbonyl (C=O) groups is 2. The molecule has 2 aromatic carbocycles. The molecule has 2 aromatic rings. The Morgan fingerprint density at radius 1 is 1.04 bits per heavy atom. The summed E-state index contributed by atoms with van der Waals surface area (Å²) in [5.41, 5.74) is 1.76. The van der Waals surface area contributed by atoms with E-state index in [4.69, 9.17) is 0 Å². The van der Waals surface area contributed by atoms with Gasteiger partial charge in [0.25, 0.3) is 5.76 Å². The summed E-state index contributed by atoms with van der Waals surface area (Å²) in [5.74, 6) is -3.15. The molecule has 0 fully saturated rings. The van der Waals surface area contributed by atoms with Crippen LogP contribution < -0.4 is 10.6 Å². The standard InChI is InChI=1S/C18H16F2N2O2S/c1-12(23)21-14-9-6-13(7-10-14)8-11-17(24)22-15-4-2-3-5-16(15)25-18(19)20/h2-11,18H,1H3,(H,21,23)(H,22,24)/b11-8+. The first-order valence-electron chi connectivity index (χ1n) is 7.34. The number of thioether (sulfide) groups is 1. The molecule has 0 spiro atoms. The van der Waals surface area contributed by atoms with E-state index in [2.05, 4.69) is 10.6 Å². The van der Waals surface area contributed by atoms with E-state index in [1.165, 1.54) is 19.1 Å².